The normalized spacial score (nSPS) is 11.4. The molecular weight excluding hydrogens is 489 g/mol. The summed E-state index contributed by atoms with van der Waals surface area (Å²) in [4.78, 5) is 32.8. The molecule has 192 valence electrons. The van der Waals surface area contributed by atoms with Crippen molar-refractivity contribution in [3.63, 3.8) is 0 Å². The average molecular weight is 512 g/mol. The molecule has 9 nitrogen and oxygen atoms in total. The van der Waals surface area contributed by atoms with E-state index in [2.05, 4.69) is 20.4 Å². The van der Waals surface area contributed by atoms with E-state index in [9.17, 15) is 22.8 Å². The van der Waals surface area contributed by atoms with Gasteiger partial charge in [0.15, 0.2) is 17.8 Å². The van der Waals surface area contributed by atoms with Gasteiger partial charge in [-0.3, -0.25) is 9.59 Å². The van der Waals surface area contributed by atoms with Crippen molar-refractivity contribution in [2.75, 3.05) is 12.4 Å². The Kier molecular flexibility index (Phi) is 6.84. The van der Waals surface area contributed by atoms with Crippen LogP contribution >= 0.6 is 0 Å². The van der Waals surface area contributed by atoms with Crippen molar-refractivity contribution in [1.82, 2.24) is 24.3 Å². The number of nitrogens with zero attached hydrogens (tertiary/aromatic N) is 5. The predicted molar refractivity (Wildman–Crippen MR) is 131 cm³/mol. The molecule has 0 aliphatic heterocycles. The van der Waals surface area contributed by atoms with Crippen LogP contribution in [0.2, 0.25) is 0 Å². The highest BCUT2D eigenvalue weighted by Gasteiger charge is 2.35. The summed E-state index contributed by atoms with van der Waals surface area (Å²) in [5.74, 6) is 0.720. The van der Waals surface area contributed by atoms with Crippen LogP contribution in [0, 0.1) is 13.8 Å². The third kappa shape index (κ3) is 5.22. The number of aryl methyl sites for hydroxylation is 3. The molecule has 0 saturated heterocycles. The number of methoxy groups -OCH3 is 1. The first-order chi connectivity index (χ1) is 17.5. The number of hydrogen-bond acceptors (Lipinski definition) is 7. The molecule has 0 saturated carbocycles. The molecule has 0 spiro atoms. The Balaban J connectivity index is 1.92. The summed E-state index contributed by atoms with van der Waals surface area (Å²) in [5, 5.41) is 6.79. The number of aromatic nitrogens is 5. The first-order valence-electron chi connectivity index (χ1n) is 11.2. The van der Waals surface area contributed by atoms with Crippen molar-refractivity contribution in [2.45, 2.75) is 33.5 Å². The first-order valence-corrected chi connectivity index (χ1v) is 11.2. The third-order valence-electron chi connectivity index (χ3n) is 5.58. The number of hydrogen-bond donors (Lipinski definition) is 1. The number of rotatable bonds is 7. The van der Waals surface area contributed by atoms with E-state index >= 15 is 0 Å². The molecule has 0 radical (unpaired) electrons. The summed E-state index contributed by atoms with van der Waals surface area (Å²) in [5.41, 5.74) is 0.654. The molecule has 0 bridgehead atoms. The van der Waals surface area contributed by atoms with E-state index < -0.39 is 17.4 Å². The average Bonchev–Trinajstić information content (AvgIpc) is 3.26. The van der Waals surface area contributed by atoms with Gasteiger partial charge in [-0.15, -0.1) is 0 Å². The van der Waals surface area contributed by atoms with E-state index in [0.29, 0.717) is 23.3 Å². The Morgan fingerprint density at radius 3 is 2.51 bits per heavy atom. The van der Waals surface area contributed by atoms with E-state index in [1.54, 1.807) is 13.0 Å². The topological polar surface area (TPSA) is 104 Å². The highest BCUT2D eigenvalue weighted by molar-refractivity contribution is 5.80. The largest absolute Gasteiger partial charge is 0.497 e. The highest BCUT2D eigenvalue weighted by atomic mass is 19.4. The van der Waals surface area contributed by atoms with Gasteiger partial charge in [0, 0.05) is 47.5 Å². The smallest absolute Gasteiger partial charge is 0.435 e. The zero-order valence-corrected chi connectivity index (χ0v) is 20.4. The monoisotopic (exact) mass is 512 g/mol. The maximum Gasteiger partial charge on any atom is 0.435 e. The summed E-state index contributed by atoms with van der Waals surface area (Å²) < 4.78 is 48.0. The van der Waals surface area contributed by atoms with Gasteiger partial charge in [0.25, 0.3) is 5.56 Å². The number of pyridine rings is 1. The maximum absolute atomic E-state index is 13.4. The van der Waals surface area contributed by atoms with Gasteiger partial charge in [-0.2, -0.15) is 23.3 Å². The predicted octanol–water partition coefficient (Wildman–Crippen LogP) is 4.71. The lowest BCUT2D eigenvalue weighted by Gasteiger charge is -2.15. The Morgan fingerprint density at radius 1 is 1.14 bits per heavy atom. The molecule has 3 heterocycles. The number of carbonyl (C=O) groups is 1. The standard InChI is InChI=1S/C25H23F3N6O3/c1-5-33-12-16(9-17(13-35)23(33)36)20-11-29-24(30-18-6-14(2)7-19(10-18)37-4)31-22(20)34-15(3)8-21(32-34)25(26,27)28/h6-13H,5H2,1-4H3,(H,29,30,31). The van der Waals surface area contributed by atoms with E-state index in [0.717, 1.165) is 16.3 Å². The Hall–Kier alpha value is -4.48. The maximum atomic E-state index is 13.4. The SMILES string of the molecule is CCn1cc(-c2cnc(Nc3cc(C)cc(OC)c3)nc2-n2nc(C(F)(F)F)cc2C)cc(C=O)c1=O. The Labute approximate surface area is 209 Å². The van der Waals surface area contributed by atoms with Gasteiger partial charge < -0.3 is 14.6 Å². The van der Waals surface area contributed by atoms with Gasteiger partial charge in [-0.25, -0.2) is 9.67 Å². The van der Waals surface area contributed by atoms with Gasteiger partial charge >= 0.3 is 6.18 Å². The van der Waals surface area contributed by atoms with Crippen LogP contribution in [0.25, 0.3) is 16.9 Å². The quantitative estimate of drug-likeness (QED) is 0.358. The van der Waals surface area contributed by atoms with Gasteiger partial charge in [-0.05, 0) is 50.6 Å². The van der Waals surface area contributed by atoms with Gasteiger partial charge in [0.2, 0.25) is 5.95 Å². The van der Waals surface area contributed by atoms with Crippen molar-refractivity contribution in [3.8, 4) is 22.7 Å². The first kappa shape index (κ1) is 25.6. The summed E-state index contributed by atoms with van der Waals surface area (Å²) >= 11 is 0. The Bertz CT molecular complexity index is 1540. The molecule has 0 fully saturated rings. The number of aldehydes is 1. The second-order valence-corrected chi connectivity index (χ2v) is 8.27. The fourth-order valence-corrected chi connectivity index (χ4v) is 3.82. The molecule has 1 aromatic carbocycles. The molecule has 0 aliphatic carbocycles. The second-order valence-electron chi connectivity index (χ2n) is 8.27. The van der Waals surface area contributed by atoms with Crippen LogP contribution in [0.3, 0.4) is 0 Å². The molecule has 0 atom stereocenters. The number of anilines is 2. The minimum absolute atomic E-state index is 0.0308. The van der Waals surface area contributed by atoms with E-state index in [1.807, 2.05) is 19.1 Å². The zero-order valence-electron chi connectivity index (χ0n) is 20.4. The van der Waals surface area contributed by atoms with Crippen LogP contribution < -0.4 is 15.6 Å². The lowest BCUT2D eigenvalue weighted by atomic mass is 10.1. The highest BCUT2D eigenvalue weighted by Crippen LogP contribution is 2.32. The van der Waals surface area contributed by atoms with E-state index in [1.165, 1.54) is 37.1 Å². The number of halogens is 3. The molecule has 3 aromatic heterocycles. The third-order valence-corrected chi connectivity index (χ3v) is 5.58. The van der Waals surface area contributed by atoms with Crippen LogP contribution in [0.5, 0.6) is 5.75 Å². The number of carbonyl (C=O) groups excluding carboxylic acids is 1. The van der Waals surface area contributed by atoms with Gasteiger partial charge in [-0.1, -0.05) is 0 Å². The van der Waals surface area contributed by atoms with Crippen molar-refractivity contribution in [1.29, 1.82) is 0 Å². The van der Waals surface area contributed by atoms with Crippen molar-refractivity contribution in [3.05, 3.63) is 75.6 Å². The lowest BCUT2D eigenvalue weighted by molar-refractivity contribution is -0.141. The summed E-state index contributed by atoms with van der Waals surface area (Å²) in [6, 6.07) is 7.64. The fourth-order valence-electron chi connectivity index (χ4n) is 3.82. The van der Waals surface area contributed by atoms with E-state index in [4.69, 9.17) is 4.74 Å². The van der Waals surface area contributed by atoms with Crippen molar-refractivity contribution >= 4 is 17.9 Å². The van der Waals surface area contributed by atoms with Crippen molar-refractivity contribution < 1.29 is 22.7 Å². The summed E-state index contributed by atoms with van der Waals surface area (Å²) in [6.45, 7) is 5.35. The lowest BCUT2D eigenvalue weighted by Crippen LogP contribution is -2.22. The van der Waals surface area contributed by atoms with Crippen LogP contribution in [0.4, 0.5) is 24.8 Å². The molecule has 4 aromatic rings. The minimum Gasteiger partial charge on any atom is -0.497 e. The fraction of sp³-hybridized carbons (Fsp3) is 0.240. The van der Waals surface area contributed by atoms with E-state index in [-0.39, 0.29) is 35.1 Å². The zero-order chi connectivity index (χ0) is 26.9. The number of nitrogens with one attached hydrogen (secondary N) is 1. The Morgan fingerprint density at radius 2 is 1.89 bits per heavy atom. The number of benzene rings is 1. The van der Waals surface area contributed by atoms with Crippen LogP contribution in [-0.2, 0) is 12.7 Å². The summed E-state index contributed by atoms with van der Waals surface area (Å²) in [7, 11) is 1.53. The van der Waals surface area contributed by atoms with Crippen LogP contribution in [-0.4, -0.2) is 37.7 Å². The molecule has 0 aliphatic rings. The van der Waals surface area contributed by atoms with Crippen molar-refractivity contribution in [2.24, 2.45) is 0 Å². The molecule has 4 rings (SSSR count). The second kappa shape index (κ2) is 9.88. The minimum atomic E-state index is -4.66. The number of alkyl halides is 3. The van der Waals surface area contributed by atoms with Crippen LogP contribution in [0.15, 0.2) is 47.5 Å². The summed E-state index contributed by atoms with van der Waals surface area (Å²) in [6.07, 6.45) is -1.33. The number of ether oxygens (including phenoxy) is 1. The molecule has 12 heteroatoms. The van der Waals surface area contributed by atoms with Gasteiger partial charge in [0.1, 0.15) is 5.75 Å². The molecular formula is C25H23F3N6O3. The molecule has 0 amide bonds. The van der Waals surface area contributed by atoms with Gasteiger partial charge in [0.05, 0.1) is 12.7 Å². The van der Waals surface area contributed by atoms with Crippen LogP contribution in [0.1, 0.15) is 34.2 Å². The molecule has 0 unspecified atom stereocenters. The molecule has 1 N–H and O–H groups in total. The molecule has 37 heavy (non-hydrogen) atoms.